The maximum Gasteiger partial charge on any atom is 0.253 e. The summed E-state index contributed by atoms with van der Waals surface area (Å²) in [6.07, 6.45) is 5.98. The maximum atomic E-state index is 12.6. The molecule has 1 aromatic heterocycles. The summed E-state index contributed by atoms with van der Waals surface area (Å²) in [4.78, 5) is 18.9. The van der Waals surface area contributed by atoms with Crippen LogP contribution in [0.15, 0.2) is 42.7 Å². The molecule has 22 heavy (non-hydrogen) atoms. The van der Waals surface area contributed by atoms with Crippen LogP contribution in [0.5, 0.6) is 0 Å². The average Bonchev–Trinajstić information content (AvgIpc) is 3.08. The van der Waals surface area contributed by atoms with Crippen LogP contribution in [0.1, 0.15) is 34.3 Å². The molecule has 0 radical (unpaired) electrons. The van der Waals surface area contributed by atoms with Crippen LogP contribution in [-0.4, -0.2) is 24.0 Å². The molecule has 1 aliphatic heterocycles. The quantitative estimate of drug-likeness (QED) is 0.943. The van der Waals surface area contributed by atoms with E-state index in [0.29, 0.717) is 6.54 Å². The van der Waals surface area contributed by atoms with Gasteiger partial charge >= 0.3 is 0 Å². The van der Waals surface area contributed by atoms with Crippen LogP contribution in [0.2, 0.25) is 0 Å². The van der Waals surface area contributed by atoms with Gasteiger partial charge in [-0.3, -0.25) is 9.78 Å². The average molecular weight is 295 g/mol. The van der Waals surface area contributed by atoms with E-state index in [2.05, 4.69) is 15.2 Å². The molecule has 1 amide bonds. The van der Waals surface area contributed by atoms with E-state index in [1.54, 1.807) is 6.20 Å². The van der Waals surface area contributed by atoms with Crippen LogP contribution in [0.3, 0.4) is 0 Å². The zero-order chi connectivity index (χ0) is 15.4. The lowest BCUT2D eigenvalue weighted by atomic mass is 10.1. The fourth-order valence-corrected chi connectivity index (χ4v) is 2.87. The van der Waals surface area contributed by atoms with E-state index in [-0.39, 0.29) is 5.91 Å². The first-order valence-electron chi connectivity index (χ1n) is 7.77. The zero-order valence-electron chi connectivity index (χ0n) is 12.9. The first-order chi connectivity index (χ1) is 10.8. The lowest BCUT2D eigenvalue weighted by Gasteiger charge is -2.21. The number of pyridine rings is 1. The highest BCUT2D eigenvalue weighted by Crippen LogP contribution is 2.24. The molecule has 1 N–H and O–H groups in total. The number of benzene rings is 1. The van der Waals surface area contributed by atoms with E-state index in [1.807, 2.05) is 43.5 Å². The molecule has 0 bridgehead atoms. The van der Waals surface area contributed by atoms with Gasteiger partial charge < -0.3 is 10.2 Å². The number of anilines is 1. The molecule has 0 spiro atoms. The van der Waals surface area contributed by atoms with Crippen LogP contribution >= 0.6 is 0 Å². The van der Waals surface area contributed by atoms with Gasteiger partial charge in [-0.2, -0.15) is 0 Å². The first kappa shape index (κ1) is 14.6. The molecule has 0 atom stereocenters. The van der Waals surface area contributed by atoms with E-state index in [0.717, 1.165) is 35.5 Å². The molecule has 0 aliphatic carbocycles. The van der Waals surface area contributed by atoms with Crippen molar-refractivity contribution in [3.8, 4) is 0 Å². The second kappa shape index (κ2) is 6.60. The second-order valence-corrected chi connectivity index (χ2v) is 5.70. The highest BCUT2D eigenvalue weighted by atomic mass is 16.1. The van der Waals surface area contributed by atoms with Crippen LogP contribution in [0.25, 0.3) is 0 Å². The fourth-order valence-electron chi connectivity index (χ4n) is 2.87. The fraction of sp³-hybridized carbons (Fsp3) is 0.333. The van der Waals surface area contributed by atoms with E-state index < -0.39 is 0 Å². The summed E-state index contributed by atoms with van der Waals surface area (Å²) < 4.78 is 0. The Morgan fingerprint density at radius 1 is 1.23 bits per heavy atom. The summed E-state index contributed by atoms with van der Waals surface area (Å²) in [5.74, 6) is -0.0151. The molecule has 4 heteroatoms. The number of nitrogens with zero attached hydrogens (tertiary/aromatic N) is 2. The molecule has 1 aliphatic rings. The van der Waals surface area contributed by atoms with Gasteiger partial charge in [-0.25, -0.2) is 0 Å². The summed E-state index contributed by atoms with van der Waals surface area (Å²) in [7, 11) is 0. The molecule has 1 saturated heterocycles. The Morgan fingerprint density at radius 3 is 2.77 bits per heavy atom. The minimum Gasteiger partial charge on any atom is -0.371 e. The van der Waals surface area contributed by atoms with E-state index in [4.69, 9.17) is 0 Å². The number of amides is 1. The topological polar surface area (TPSA) is 45.2 Å². The van der Waals surface area contributed by atoms with Crippen LogP contribution < -0.4 is 10.2 Å². The van der Waals surface area contributed by atoms with Crippen LogP contribution in [0, 0.1) is 6.92 Å². The van der Waals surface area contributed by atoms with Gasteiger partial charge in [-0.15, -0.1) is 0 Å². The lowest BCUT2D eigenvalue weighted by Crippen LogP contribution is -2.27. The van der Waals surface area contributed by atoms with Gasteiger partial charge in [0.2, 0.25) is 0 Å². The molecule has 1 fully saturated rings. The number of carbonyl (C=O) groups excluding carboxylic acids is 1. The van der Waals surface area contributed by atoms with Gasteiger partial charge in [0.05, 0.1) is 5.56 Å². The molecule has 2 aromatic rings. The molecule has 2 heterocycles. The highest BCUT2D eigenvalue weighted by Gasteiger charge is 2.18. The van der Waals surface area contributed by atoms with E-state index >= 15 is 0 Å². The SMILES string of the molecule is Cc1cnccc1CNC(=O)c1ccccc1N1CCCC1. The van der Waals surface area contributed by atoms with Crippen molar-refractivity contribution in [3.05, 3.63) is 59.4 Å². The van der Waals surface area contributed by atoms with Gasteiger partial charge in [0.15, 0.2) is 0 Å². The van der Waals surface area contributed by atoms with Gasteiger partial charge in [-0.1, -0.05) is 12.1 Å². The Kier molecular flexibility index (Phi) is 4.37. The van der Waals surface area contributed by atoms with Crippen LogP contribution in [-0.2, 0) is 6.54 Å². The Hall–Kier alpha value is -2.36. The first-order valence-corrected chi connectivity index (χ1v) is 7.77. The monoisotopic (exact) mass is 295 g/mol. The number of nitrogens with one attached hydrogen (secondary N) is 1. The van der Waals surface area contributed by atoms with Gasteiger partial charge in [-0.05, 0) is 49.1 Å². The molecular formula is C18H21N3O. The standard InChI is InChI=1S/C18H21N3O/c1-14-12-19-9-8-15(14)13-20-18(22)16-6-2-3-7-17(16)21-10-4-5-11-21/h2-3,6-9,12H,4-5,10-11,13H2,1H3,(H,20,22). The van der Waals surface area contributed by atoms with Crippen molar-refractivity contribution in [2.45, 2.75) is 26.3 Å². The van der Waals surface area contributed by atoms with Crippen molar-refractivity contribution in [2.75, 3.05) is 18.0 Å². The molecular weight excluding hydrogens is 274 g/mol. The molecule has 3 rings (SSSR count). The summed E-state index contributed by atoms with van der Waals surface area (Å²) in [6.45, 7) is 4.61. The second-order valence-electron chi connectivity index (χ2n) is 5.70. The Morgan fingerprint density at radius 2 is 2.00 bits per heavy atom. The van der Waals surface area contributed by atoms with Crippen molar-refractivity contribution in [2.24, 2.45) is 0 Å². The molecule has 0 saturated carbocycles. The van der Waals surface area contributed by atoms with Crippen molar-refractivity contribution >= 4 is 11.6 Å². The third kappa shape index (κ3) is 3.11. The number of hydrogen-bond donors (Lipinski definition) is 1. The summed E-state index contributed by atoms with van der Waals surface area (Å²) in [5, 5.41) is 3.03. The Bertz CT molecular complexity index is 663. The van der Waals surface area contributed by atoms with Crippen LogP contribution in [0.4, 0.5) is 5.69 Å². The Labute approximate surface area is 131 Å². The van der Waals surface area contributed by atoms with Gasteiger partial charge in [0, 0.05) is 37.7 Å². The summed E-state index contributed by atoms with van der Waals surface area (Å²) in [5.41, 5.74) is 4.00. The molecule has 4 nitrogen and oxygen atoms in total. The summed E-state index contributed by atoms with van der Waals surface area (Å²) >= 11 is 0. The number of para-hydroxylation sites is 1. The molecule has 0 unspecified atom stereocenters. The maximum absolute atomic E-state index is 12.6. The van der Waals surface area contributed by atoms with Gasteiger partial charge in [0.25, 0.3) is 5.91 Å². The van der Waals surface area contributed by atoms with Gasteiger partial charge in [0.1, 0.15) is 0 Å². The normalized spacial score (nSPS) is 14.1. The van der Waals surface area contributed by atoms with Crippen molar-refractivity contribution < 1.29 is 4.79 Å². The number of hydrogen-bond acceptors (Lipinski definition) is 3. The largest absolute Gasteiger partial charge is 0.371 e. The number of aromatic nitrogens is 1. The van der Waals surface area contributed by atoms with E-state index in [1.165, 1.54) is 12.8 Å². The third-order valence-electron chi connectivity index (χ3n) is 4.17. The third-order valence-corrected chi connectivity index (χ3v) is 4.17. The lowest BCUT2D eigenvalue weighted by molar-refractivity contribution is 0.0951. The smallest absolute Gasteiger partial charge is 0.253 e. The molecule has 114 valence electrons. The number of aryl methyl sites for hydroxylation is 1. The van der Waals surface area contributed by atoms with E-state index in [9.17, 15) is 4.79 Å². The predicted molar refractivity (Wildman–Crippen MR) is 88.0 cm³/mol. The highest BCUT2D eigenvalue weighted by molar-refractivity contribution is 5.99. The molecule has 1 aromatic carbocycles. The van der Waals surface area contributed by atoms with Crippen molar-refractivity contribution in [3.63, 3.8) is 0 Å². The Balaban J connectivity index is 1.74. The minimum absolute atomic E-state index is 0.0151. The number of rotatable bonds is 4. The minimum atomic E-state index is -0.0151. The van der Waals surface area contributed by atoms with Crippen molar-refractivity contribution in [1.82, 2.24) is 10.3 Å². The zero-order valence-corrected chi connectivity index (χ0v) is 12.9. The van der Waals surface area contributed by atoms with Crippen molar-refractivity contribution in [1.29, 1.82) is 0 Å². The number of carbonyl (C=O) groups is 1. The summed E-state index contributed by atoms with van der Waals surface area (Å²) in [6, 6.07) is 9.81. The predicted octanol–water partition coefficient (Wildman–Crippen LogP) is 2.92.